The van der Waals surface area contributed by atoms with Gasteiger partial charge in [0, 0.05) is 39.8 Å². The Morgan fingerprint density at radius 1 is 1.03 bits per heavy atom. The molecule has 2 aliphatic rings. The first-order chi connectivity index (χ1) is 18.4. The van der Waals surface area contributed by atoms with Crippen molar-refractivity contribution in [3.63, 3.8) is 0 Å². The Morgan fingerprint density at radius 3 is 2.28 bits per heavy atom. The van der Waals surface area contributed by atoms with Crippen molar-refractivity contribution in [2.45, 2.75) is 78.6 Å². The highest BCUT2D eigenvalue weighted by Crippen LogP contribution is 2.32. The van der Waals surface area contributed by atoms with Crippen LogP contribution in [0.1, 0.15) is 52.2 Å². The van der Waals surface area contributed by atoms with Crippen LogP contribution in [0.4, 0.5) is 5.69 Å². The van der Waals surface area contributed by atoms with Crippen LogP contribution in [0.15, 0.2) is 23.4 Å². The second-order valence-corrected chi connectivity index (χ2v) is 9.24. The lowest BCUT2D eigenvalue weighted by Gasteiger charge is -2.43. The molecule has 212 valence electrons. The largest absolute Gasteiger partial charge is 0.463 e. The molecule has 1 aromatic carbocycles. The third kappa shape index (κ3) is 7.11. The van der Waals surface area contributed by atoms with Gasteiger partial charge in [0.2, 0.25) is 5.91 Å². The van der Waals surface area contributed by atoms with Crippen molar-refractivity contribution in [1.82, 2.24) is 5.32 Å². The van der Waals surface area contributed by atoms with Crippen LogP contribution in [-0.4, -0.2) is 79.2 Å². The summed E-state index contributed by atoms with van der Waals surface area (Å²) >= 11 is 0. The van der Waals surface area contributed by atoms with Gasteiger partial charge in [-0.05, 0) is 25.5 Å². The fourth-order valence-corrected chi connectivity index (χ4v) is 4.45. The maximum atomic E-state index is 13.2. The van der Waals surface area contributed by atoms with Crippen LogP contribution in [-0.2, 0) is 47.8 Å². The van der Waals surface area contributed by atoms with Crippen molar-refractivity contribution in [2.75, 3.05) is 18.1 Å². The van der Waals surface area contributed by atoms with Gasteiger partial charge < -0.3 is 34.0 Å². The lowest BCUT2D eigenvalue weighted by molar-refractivity contribution is -0.278. The SMILES string of the molecule is CCCN1C(=O)/C(=N\O[C@@H]2O[C@H](COC(C)=O)[C@H](OC(C)=O)[C@H](OC(C)=O)[C@@H]2NC(C)=O)c2cc(C)ccc21. The van der Waals surface area contributed by atoms with Crippen molar-refractivity contribution >= 4 is 41.1 Å². The number of ether oxygens (including phenoxy) is 4. The number of anilines is 1. The summed E-state index contributed by atoms with van der Waals surface area (Å²) in [5.41, 5.74) is 2.16. The molecule has 1 saturated heterocycles. The quantitative estimate of drug-likeness (QED) is 0.270. The summed E-state index contributed by atoms with van der Waals surface area (Å²) in [4.78, 5) is 68.1. The maximum Gasteiger partial charge on any atom is 0.303 e. The maximum absolute atomic E-state index is 13.2. The van der Waals surface area contributed by atoms with Crippen LogP contribution in [0.5, 0.6) is 0 Å². The molecule has 39 heavy (non-hydrogen) atoms. The van der Waals surface area contributed by atoms with Crippen LogP contribution < -0.4 is 10.2 Å². The van der Waals surface area contributed by atoms with E-state index in [1.54, 1.807) is 11.0 Å². The molecule has 2 aliphatic heterocycles. The molecule has 0 aliphatic carbocycles. The van der Waals surface area contributed by atoms with Crippen LogP contribution in [0, 0.1) is 6.92 Å². The third-order valence-electron chi connectivity index (χ3n) is 5.91. The number of nitrogens with one attached hydrogen (secondary N) is 1. The fraction of sp³-hybridized carbons (Fsp3) is 0.538. The second kappa shape index (κ2) is 12.7. The highest BCUT2D eigenvalue weighted by molar-refractivity contribution is 6.54. The summed E-state index contributed by atoms with van der Waals surface area (Å²) in [7, 11) is 0. The zero-order valence-corrected chi connectivity index (χ0v) is 22.7. The van der Waals surface area contributed by atoms with E-state index in [1.807, 2.05) is 26.0 Å². The van der Waals surface area contributed by atoms with Crippen LogP contribution >= 0.6 is 0 Å². The zero-order chi connectivity index (χ0) is 28.9. The van der Waals surface area contributed by atoms with E-state index in [-0.39, 0.29) is 18.2 Å². The predicted octanol–water partition coefficient (Wildman–Crippen LogP) is 1.13. The van der Waals surface area contributed by atoms with E-state index in [1.165, 1.54) is 13.8 Å². The minimum atomic E-state index is -1.43. The second-order valence-electron chi connectivity index (χ2n) is 9.24. The molecule has 1 N–H and O–H groups in total. The number of carbonyl (C=O) groups excluding carboxylic acids is 5. The van der Waals surface area contributed by atoms with Gasteiger partial charge in [-0.2, -0.15) is 0 Å². The van der Waals surface area contributed by atoms with Crippen LogP contribution in [0.3, 0.4) is 0 Å². The molecule has 0 spiro atoms. The monoisotopic (exact) mass is 547 g/mol. The molecule has 5 atom stereocenters. The van der Waals surface area contributed by atoms with Gasteiger partial charge in [-0.1, -0.05) is 23.7 Å². The number of hydrogen-bond donors (Lipinski definition) is 1. The molecule has 1 aromatic rings. The summed E-state index contributed by atoms with van der Waals surface area (Å²) in [6, 6.07) is 4.30. The summed E-state index contributed by atoms with van der Waals surface area (Å²) in [6.07, 6.45) is -4.46. The summed E-state index contributed by atoms with van der Waals surface area (Å²) < 4.78 is 21.8. The van der Waals surface area contributed by atoms with Crippen molar-refractivity contribution in [3.05, 3.63) is 29.3 Å². The summed E-state index contributed by atoms with van der Waals surface area (Å²) in [5, 5.41) is 6.71. The highest BCUT2D eigenvalue weighted by atomic mass is 16.8. The molecule has 0 aromatic heterocycles. The first-order valence-electron chi connectivity index (χ1n) is 12.5. The van der Waals surface area contributed by atoms with Gasteiger partial charge in [-0.3, -0.25) is 24.0 Å². The zero-order valence-electron chi connectivity index (χ0n) is 22.7. The van der Waals surface area contributed by atoms with Gasteiger partial charge in [-0.15, -0.1) is 0 Å². The van der Waals surface area contributed by atoms with E-state index in [2.05, 4.69) is 10.5 Å². The molecule has 0 radical (unpaired) electrons. The smallest absolute Gasteiger partial charge is 0.303 e. The number of aryl methyl sites for hydroxylation is 1. The van der Waals surface area contributed by atoms with Crippen LogP contribution in [0.25, 0.3) is 0 Å². The van der Waals surface area contributed by atoms with Crippen molar-refractivity contribution < 1.29 is 47.8 Å². The minimum absolute atomic E-state index is 0.0232. The number of oxime groups is 1. The van der Waals surface area contributed by atoms with Gasteiger partial charge in [-0.25, -0.2) is 0 Å². The Kier molecular flexibility index (Phi) is 9.62. The average Bonchev–Trinajstić information content (AvgIpc) is 3.09. The molecular formula is C26H33N3O10. The minimum Gasteiger partial charge on any atom is -0.463 e. The number of hydrogen-bond acceptors (Lipinski definition) is 11. The Morgan fingerprint density at radius 2 is 1.69 bits per heavy atom. The van der Waals surface area contributed by atoms with Gasteiger partial charge in [0.1, 0.15) is 18.8 Å². The number of esters is 3. The normalized spacial score (nSPS) is 25.1. The first-order valence-corrected chi connectivity index (χ1v) is 12.5. The topological polar surface area (TPSA) is 159 Å². The van der Waals surface area contributed by atoms with Gasteiger partial charge in [0.25, 0.3) is 12.2 Å². The predicted molar refractivity (Wildman–Crippen MR) is 135 cm³/mol. The van der Waals surface area contributed by atoms with E-state index in [4.69, 9.17) is 23.8 Å². The lowest BCUT2D eigenvalue weighted by atomic mass is 9.96. The molecular weight excluding hydrogens is 514 g/mol. The summed E-state index contributed by atoms with van der Waals surface area (Å²) in [5.74, 6) is -3.01. The Hall–Kier alpha value is -4.00. The standard InChI is InChI=1S/C26H33N3O10/c1-7-10-29-19-9-8-13(2)11-18(19)21(25(29)34)28-39-26-22(27-14(3)30)24(37-17(6)33)23(36-16(5)32)20(38-26)12-35-15(4)31/h8-9,11,20,22-24,26H,7,10,12H2,1-6H3,(H,27,30)/b28-21-/t20-,22+,23+,24-,26+/m1/s1. The molecule has 2 heterocycles. The Balaban J connectivity index is 2.02. The van der Waals surface area contributed by atoms with E-state index in [0.717, 1.165) is 19.4 Å². The number of amides is 2. The molecule has 1 fully saturated rings. The van der Waals surface area contributed by atoms with Crippen molar-refractivity contribution in [1.29, 1.82) is 0 Å². The average molecular weight is 548 g/mol. The van der Waals surface area contributed by atoms with Gasteiger partial charge >= 0.3 is 17.9 Å². The molecule has 13 heteroatoms. The molecule has 3 rings (SSSR count). The number of carbonyl (C=O) groups is 5. The Bertz CT molecular complexity index is 1170. The molecule has 0 saturated carbocycles. The van der Waals surface area contributed by atoms with Crippen molar-refractivity contribution in [2.24, 2.45) is 5.16 Å². The molecule has 13 nitrogen and oxygen atoms in total. The number of rotatable bonds is 9. The highest BCUT2D eigenvalue weighted by Gasteiger charge is 2.52. The molecule has 0 bridgehead atoms. The van der Waals surface area contributed by atoms with E-state index >= 15 is 0 Å². The fourth-order valence-electron chi connectivity index (χ4n) is 4.45. The van der Waals surface area contributed by atoms with Gasteiger partial charge in [0.15, 0.2) is 17.9 Å². The van der Waals surface area contributed by atoms with E-state index in [9.17, 15) is 24.0 Å². The Labute approximate surface area is 225 Å². The number of nitrogens with zero attached hydrogens (tertiary/aromatic N) is 2. The van der Waals surface area contributed by atoms with Gasteiger partial charge in [0.05, 0.1) is 5.69 Å². The lowest BCUT2D eigenvalue weighted by Crippen LogP contribution is -2.66. The number of fused-ring (bicyclic) bond motifs is 1. The van der Waals surface area contributed by atoms with E-state index < -0.39 is 54.5 Å². The summed E-state index contributed by atoms with van der Waals surface area (Å²) in [6.45, 7) is 8.58. The number of benzene rings is 1. The molecule has 0 unspecified atom stereocenters. The third-order valence-corrected chi connectivity index (χ3v) is 5.91. The van der Waals surface area contributed by atoms with Crippen molar-refractivity contribution in [3.8, 4) is 0 Å². The van der Waals surface area contributed by atoms with Crippen LogP contribution in [0.2, 0.25) is 0 Å². The van der Waals surface area contributed by atoms with E-state index in [0.29, 0.717) is 24.2 Å². The molecule has 2 amide bonds. The first kappa shape index (κ1) is 29.6.